The summed E-state index contributed by atoms with van der Waals surface area (Å²) in [6.45, 7) is 5.36. The Morgan fingerprint density at radius 1 is 1.21 bits per heavy atom. The Morgan fingerprint density at radius 3 is 2.57 bits per heavy atom. The van der Waals surface area contributed by atoms with E-state index < -0.39 is 4.92 Å². The van der Waals surface area contributed by atoms with E-state index in [1.807, 2.05) is 0 Å². The zero-order valence-corrected chi connectivity index (χ0v) is 15.6. The van der Waals surface area contributed by atoms with Crippen LogP contribution in [0.2, 0.25) is 0 Å². The molecule has 0 unspecified atom stereocenters. The lowest BCUT2D eigenvalue weighted by Gasteiger charge is -2.34. The van der Waals surface area contributed by atoms with Crippen LogP contribution in [0.3, 0.4) is 0 Å². The Bertz CT molecular complexity index is 857. The molecule has 1 aliphatic rings. The molecular weight excluding hydrogens is 364 g/mol. The number of nitrogens with one attached hydrogen (secondary N) is 1. The first kappa shape index (κ1) is 19.6. The lowest BCUT2D eigenvalue weighted by Crippen LogP contribution is -2.50. The predicted octanol–water partition coefficient (Wildman–Crippen LogP) is 1.68. The molecule has 28 heavy (non-hydrogen) atoms. The van der Waals surface area contributed by atoms with E-state index in [0.717, 1.165) is 0 Å². The van der Waals surface area contributed by atoms with Gasteiger partial charge in [-0.3, -0.25) is 24.6 Å². The van der Waals surface area contributed by atoms with Crippen molar-refractivity contribution in [3.8, 4) is 0 Å². The fourth-order valence-electron chi connectivity index (χ4n) is 3.17. The molecule has 1 fully saturated rings. The molecular formula is C19H22N4O5. The Balaban J connectivity index is 1.46. The summed E-state index contributed by atoms with van der Waals surface area (Å²) >= 11 is 0. The lowest BCUT2D eigenvalue weighted by molar-refractivity contribution is -0.385. The Kier molecular flexibility index (Phi) is 6.05. The first-order chi connectivity index (χ1) is 13.5. The van der Waals surface area contributed by atoms with Crippen LogP contribution in [0, 0.1) is 17.0 Å². The Labute approximate surface area is 162 Å². The number of furan rings is 1. The Morgan fingerprint density at radius 2 is 1.96 bits per heavy atom. The number of aryl methyl sites for hydroxylation is 1. The minimum atomic E-state index is -0.451. The molecule has 1 saturated heterocycles. The minimum absolute atomic E-state index is 0.0120. The number of benzene rings is 1. The number of nitrogens with zero attached hydrogens (tertiary/aromatic N) is 3. The van der Waals surface area contributed by atoms with Crippen LogP contribution < -0.4 is 5.32 Å². The number of nitro groups is 1. The topological polar surface area (TPSA) is 109 Å². The van der Waals surface area contributed by atoms with Gasteiger partial charge in [0.2, 0.25) is 0 Å². The third-order valence-corrected chi connectivity index (χ3v) is 4.76. The summed E-state index contributed by atoms with van der Waals surface area (Å²) in [6.07, 6.45) is 1.46. The van der Waals surface area contributed by atoms with Crippen LogP contribution in [-0.2, 0) is 0 Å². The van der Waals surface area contributed by atoms with Crippen molar-refractivity contribution in [3.05, 3.63) is 63.6 Å². The average Bonchev–Trinajstić information content (AvgIpc) is 3.22. The molecule has 2 aromatic rings. The third kappa shape index (κ3) is 4.55. The molecule has 1 aliphatic heterocycles. The van der Waals surface area contributed by atoms with Gasteiger partial charge in [0.1, 0.15) is 0 Å². The van der Waals surface area contributed by atoms with Gasteiger partial charge < -0.3 is 14.6 Å². The van der Waals surface area contributed by atoms with Gasteiger partial charge in [-0.05, 0) is 31.2 Å². The van der Waals surface area contributed by atoms with Crippen LogP contribution in [0.4, 0.5) is 5.69 Å². The van der Waals surface area contributed by atoms with Crippen LogP contribution in [-0.4, -0.2) is 65.8 Å². The highest BCUT2D eigenvalue weighted by Crippen LogP contribution is 2.20. The first-order valence-corrected chi connectivity index (χ1v) is 9.04. The molecule has 0 atom stereocenters. The molecule has 0 radical (unpaired) electrons. The smallest absolute Gasteiger partial charge is 0.287 e. The number of hydrogen-bond acceptors (Lipinski definition) is 6. The number of carbonyl (C=O) groups is 2. The number of piperazine rings is 1. The molecule has 9 nitrogen and oxygen atoms in total. The molecule has 1 aromatic heterocycles. The van der Waals surface area contributed by atoms with Crippen molar-refractivity contribution in [2.75, 3.05) is 39.3 Å². The van der Waals surface area contributed by atoms with Gasteiger partial charge in [-0.15, -0.1) is 0 Å². The van der Waals surface area contributed by atoms with E-state index in [2.05, 4.69) is 10.2 Å². The molecule has 0 saturated carbocycles. The van der Waals surface area contributed by atoms with E-state index in [0.29, 0.717) is 50.4 Å². The van der Waals surface area contributed by atoms with Crippen molar-refractivity contribution in [2.45, 2.75) is 6.92 Å². The van der Waals surface area contributed by atoms with Gasteiger partial charge in [0.25, 0.3) is 17.5 Å². The highest BCUT2D eigenvalue weighted by molar-refractivity contribution is 5.94. The van der Waals surface area contributed by atoms with E-state index in [-0.39, 0.29) is 23.3 Å². The second-order valence-electron chi connectivity index (χ2n) is 6.63. The van der Waals surface area contributed by atoms with Crippen molar-refractivity contribution >= 4 is 17.5 Å². The monoisotopic (exact) mass is 386 g/mol. The lowest BCUT2D eigenvalue weighted by atomic mass is 10.1. The maximum Gasteiger partial charge on any atom is 0.287 e. The summed E-state index contributed by atoms with van der Waals surface area (Å²) in [4.78, 5) is 38.8. The van der Waals surface area contributed by atoms with Gasteiger partial charge in [0, 0.05) is 56.5 Å². The Hall–Kier alpha value is -3.20. The standard InChI is InChI=1S/C19H22N4O5/c1-14-13-15(4-5-16(14)23(26)27)19(25)22-10-8-21(9-11-22)7-6-20-18(24)17-3-2-12-28-17/h2-5,12-13H,6-11H2,1H3,(H,20,24). The first-order valence-electron chi connectivity index (χ1n) is 9.04. The van der Waals surface area contributed by atoms with Crippen molar-refractivity contribution in [1.82, 2.24) is 15.1 Å². The van der Waals surface area contributed by atoms with E-state index >= 15 is 0 Å². The van der Waals surface area contributed by atoms with Crippen molar-refractivity contribution < 1.29 is 18.9 Å². The van der Waals surface area contributed by atoms with Gasteiger partial charge in [0.15, 0.2) is 5.76 Å². The van der Waals surface area contributed by atoms with Crippen molar-refractivity contribution in [1.29, 1.82) is 0 Å². The molecule has 148 valence electrons. The fraction of sp³-hybridized carbons (Fsp3) is 0.368. The third-order valence-electron chi connectivity index (χ3n) is 4.76. The summed E-state index contributed by atoms with van der Waals surface area (Å²) in [5.41, 5.74) is 0.946. The molecule has 0 bridgehead atoms. The molecule has 2 amide bonds. The molecule has 1 N–H and O–H groups in total. The summed E-state index contributed by atoms with van der Waals surface area (Å²) in [5.74, 6) is -0.0788. The number of rotatable bonds is 6. The van der Waals surface area contributed by atoms with Crippen LogP contribution in [0.15, 0.2) is 41.0 Å². The zero-order chi connectivity index (χ0) is 20.1. The summed E-state index contributed by atoms with van der Waals surface area (Å²) in [6, 6.07) is 7.72. The molecule has 0 aliphatic carbocycles. The van der Waals surface area contributed by atoms with Gasteiger partial charge in [0.05, 0.1) is 11.2 Å². The molecule has 3 rings (SSSR count). The number of hydrogen-bond donors (Lipinski definition) is 1. The van der Waals surface area contributed by atoms with Crippen LogP contribution in [0.1, 0.15) is 26.5 Å². The van der Waals surface area contributed by atoms with Gasteiger partial charge >= 0.3 is 0 Å². The highest BCUT2D eigenvalue weighted by atomic mass is 16.6. The van der Waals surface area contributed by atoms with E-state index in [1.54, 1.807) is 30.0 Å². The molecule has 2 heterocycles. The molecule has 0 spiro atoms. The van der Waals surface area contributed by atoms with E-state index in [9.17, 15) is 19.7 Å². The van der Waals surface area contributed by atoms with Crippen molar-refractivity contribution in [2.24, 2.45) is 0 Å². The number of amides is 2. The number of nitro benzene ring substituents is 1. The normalized spacial score (nSPS) is 14.7. The fourth-order valence-corrected chi connectivity index (χ4v) is 3.17. The number of carbonyl (C=O) groups excluding carboxylic acids is 2. The average molecular weight is 386 g/mol. The van der Waals surface area contributed by atoms with Crippen LogP contribution in [0.5, 0.6) is 0 Å². The summed E-state index contributed by atoms with van der Waals surface area (Å²) < 4.78 is 5.04. The van der Waals surface area contributed by atoms with Gasteiger partial charge in [-0.25, -0.2) is 0 Å². The van der Waals surface area contributed by atoms with E-state index in [1.165, 1.54) is 18.4 Å². The molecule has 1 aromatic carbocycles. The van der Waals surface area contributed by atoms with E-state index in [4.69, 9.17) is 4.42 Å². The summed E-state index contributed by atoms with van der Waals surface area (Å²) in [7, 11) is 0. The second-order valence-corrected chi connectivity index (χ2v) is 6.63. The highest BCUT2D eigenvalue weighted by Gasteiger charge is 2.23. The van der Waals surface area contributed by atoms with Crippen LogP contribution >= 0.6 is 0 Å². The van der Waals surface area contributed by atoms with Gasteiger partial charge in [-0.1, -0.05) is 0 Å². The minimum Gasteiger partial charge on any atom is -0.459 e. The van der Waals surface area contributed by atoms with Crippen molar-refractivity contribution in [3.63, 3.8) is 0 Å². The largest absolute Gasteiger partial charge is 0.459 e. The second kappa shape index (κ2) is 8.66. The molecule has 9 heteroatoms. The summed E-state index contributed by atoms with van der Waals surface area (Å²) in [5, 5.41) is 13.7. The zero-order valence-electron chi connectivity index (χ0n) is 15.6. The predicted molar refractivity (Wildman–Crippen MR) is 101 cm³/mol. The SMILES string of the molecule is Cc1cc(C(=O)N2CCN(CCNC(=O)c3ccco3)CC2)ccc1[N+](=O)[O-]. The maximum absolute atomic E-state index is 12.6. The van der Waals surface area contributed by atoms with Crippen LogP contribution in [0.25, 0.3) is 0 Å². The van der Waals surface area contributed by atoms with Gasteiger partial charge in [-0.2, -0.15) is 0 Å². The maximum atomic E-state index is 12.6. The quantitative estimate of drug-likeness (QED) is 0.598.